The molecule has 3 aromatic rings. The Bertz CT molecular complexity index is 936. The van der Waals surface area contributed by atoms with Crippen LogP contribution in [-0.2, 0) is 11.3 Å². The van der Waals surface area contributed by atoms with Gasteiger partial charge in [0.05, 0.1) is 14.2 Å². The summed E-state index contributed by atoms with van der Waals surface area (Å²) in [6, 6.07) is 10.9. The number of ether oxygens (including phenoxy) is 2. The van der Waals surface area contributed by atoms with E-state index in [1.54, 1.807) is 55.6 Å². The van der Waals surface area contributed by atoms with Gasteiger partial charge in [0.2, 0.25) is 5.91 Å². The SMILES string of the molecule is COc1ccc(OC)c(/C=C/C(=O)NCc2cccnc2-n2cccn2)c1. The summed E-state index contributed by atoms with van der Waals surface area (Å²) in [5.74, 6) is 1.81. The fourth-order valence-corrected chi connectivity index (χ4v) is 2.55. The third kappa shape index (κ3) is 4.52. The van der Waals surface area contributed by atoms with E-state index in [9.17, 15) is 4.79 Å². The van der Waals surface area contributed by atoms with Crippen LogP contribution in [0.15, 0.2) is 61.1 Å². The van der Waals surface area contributed by atoms with E-state index in [0.29, 0.717) is 23.9 Å². The number of rotatable bonds is 7. The van der Waals surface area contributed by atoms with E-state index in [4.69, 9.17) is 9.47 Å². The number of pyridine rings is 1. The lowest BCUT2D eigenvalue weighted by molar-refractivity contribution is -0.116. The van der Waals surface area contributed by atoms with Crippen molar-refractivity contribution < 1.29 is 14.3 Å². The number of hydrogen-bond donors (Lipinski definition) is 1. The van der Waals surface area contributed by atoms with Gasteiger partial charge >= 0.3 is 0 Å². The van der Waals surface area contributed by atoms with Gasteiger partial charge in [-0.05, 0) is 36.4 Å². The molecule has 0 saturated heterocycles. The van der Waals surface area contributed by atoms with E-state index in [2.05, 4.69) is 15.4 Å². The first kappa shape index (κ1) is 18.2. The summed E-state index contributed by atoms with van der Waals surface area (Å²) < 4.78 is 12.2. The molecule has 3 rings (SSSR count). The largest absolute Gasteiger partial charge is 0.497 e. The lowest BCUT2D eigenvalue weighted by Crippen LogP contribution is -2.21. The molecule has 0 fully saturated rings. The average molecular weight is 364 g/mol. The van der Waals surface area contributed by atoms with E-state index in [1.165, 1.54) is 6.08 Å². The van der Waals surface area contributed by atoms with Crippen molar-refractivity contribution in [1.29, 1.82) is 0 Å². The monoisotopic (exact) mass is 364 g/mol. The van der Waals surface area contributed by atoms with Gasteiger partial charge in [-0.2, -0.15) is 5.10 Å². The van der Waals surface area contributed by atoms with Gasteiger partial charge in [-0.3, -0.25) is 4.79 Å². The second kappa shape index (κ2) is 8.66. The Morgan fingerprint density at radius 3 is 2.81 bits per heavy atom. The summed E-state index contributed by atoms with van der Waals surface area (Å²) in [5, 5.41) is 7.05. The van der Waals surface area contributed by atoms with Gasteiger partial charge in [-0.25, -0.2) is 9.67 Å². The summed E-state index contributed by atoms with van der Waals surface area (Å²) >= 11 is 0. The van der Waals surface area contributed by atoms with Crippen LogP contribution in [0.5, 0.6) is 11.5 Å². The number of nitrogens with one attached hydrogen (secondary N) is 1. The molecule has 1 aromatic carbocycles. The molecule has 0 aliphatic heterocycles. The lowest BCUT2D eigenvalue weighted by atomic mass is 10.1. The highest BCUT2D eigenvalue weighted by Gasteiger charge is 2.07. The molecule has 0 atom stereocenters. The average Bonchev–Trinajstić information content (AvgIpc) is 3.25. The smallest absolute Gasteiger partial charge is 0.244 e. The molecule has 0 aliphatic rings. The van der Waals surface area contributed by atoms with Crippen molar-refractivity contribution in [2.24, 2.45) is 0 Å². The van der Waals surface area contributed by atoms with Crippen LogP contribution in [-0.4, -0.2) is 34.9 Å². The summed E-state index contributed by atoms with van der Waals surface area (Å²) in [5.41, 5.74) is 1.62. The topological polar surface area (TPSA) is 78.3 Å². The van der Waals surface area contributed by atoms with Crippen LogP contribution in [0.4, 0.5) is 0 Å². The zero-order chi connectivity index (χ0) is 19.1. The summed E-state index contributed by atoms with van der Waals surface area (Å²) in [4.78, 5) is 16.6. The van der Waals surface area contributed by atoms with Crippen LogP contribution >= 0.6 is 0 Å². The van der Waals surface area contributed by atoms with Crippen molar-refractivity contribution in [3.05, 3.63) is 72.2 Å². The van der Waals surface area contributed by atoms with Gasteiger partial charge in [0.15, 0.2) is 5.82 Å². The van der Waals surface area contributed by atoms with Crippen LogP contribution in [0.25, 0.3) is 11.9 Å². The first-order valence-electron chi connectivity index (χ1n) is 8.33. The third-order valence-corrected chi connectivity index (χ3v) is 3.89. The molecule has 7 heteroatoms. The number of methoxy groups -OCH3 is 2. The lowest BCUT2D eigenvalue weighted by Gasteiger charge is -2.09. The summed E-state index contributed by atoms with van der Waals surface area (Å²) in [6.45, 7) is 0.335. The second-order valence-corrected chi connectivity index (χ2v) is 5.60. The Balaban J connectivity index is 1.68. The summed E-state index contributed by atoms with van der Waals surface area (Å²) in [7, 11) is 3.17. The zero-order valence-corrected chi connectivity index (χ0v) is 15.1. The molecule has 0 saturated carbocycles. The number of aromatic nitrogens is 3. The maximum atomic E-state index is 12.2. The normalized spacial score (nSPS) is 10.7. The van der Waals surface area contributed by atoms with Crippen molar-refractivity contribution >= 4 is 12.0 Å². The highest BCUT2D eigenvalue weighted by molar-refractivity contribution is 5.92. The minimum absolute atomic E-state index is 0.227. The van der Waals surface area contributed by atoms with Crippen LogP contribution < -0.4 is 14.8 Å². The van der Waals surface area contributed by atoms with Gasteiger partial charge in [0, 0.05) is 42.3 Å². The number of hydrogen-bond acceptors (Lipinski definition) is 5. The van der Waals surface area contributed by atoms with Crippen molar-refractivity contribution in [2.45, 2.75) is 6.54 Å². The molecule has 0 unspecified atom stereocenters. The number of nitrogens with zero attached hydrogens (tertiary/aromatic N) is 3. The first-order chi connectivity index (χ1) is 13.2. The van der Waals surface area contributed by atoms with E-state index >= 15 is 0 Å². The van der Waals surface area contributed by atoms with Gasteiger partial charge in [0.25, 0.3) is 0 Å². The fourth-order valence-electron chi connectivity index (χ4n) is 2.55. The fraction of sp³-hybridized carbons (Fsp3) is 0.150. The molecule has 138 valence electrons. The highest BCUT2D eigenvalue weighted by Crippen LogP contribution is 2.25. The number of amides is 1. The van der Waals surface area contributed by atoms with Crippen LogP contribution in [0.3, 0.4) is 0 Å². The maximum Gasteiger partial charge on any atom is 0.244 e. The van der Waals surface area contributed by atoms with Crippen molar-refractivity contribution in [3.8, 4) is 17.3 Å². The molecule has 27 heavy (non-hydrogen) atoms. The van der Waals surface area contributed by atoms with Gasteiger partial charge in [0.1, 0.15) is 11.5 Å². The Kier molecular flexibility index (Phi) is 5.84. The third-order valence-electron chi connectivity index (χ3n) is 3.89. The predicted molar refractivity (Wildman–Crippen MR) is 102 cm³/mol. The van der Waals surface area contributed by atoms with E-state index < -0.39 is 0 Å². The van der Waals surface area contributed by atoms with Crippen molar-refractivity contribution in [3.63, 3.8) is 0 Å². The Hall–Kier alpha value is -3.61. The van der Waals surface area contributed by atoms with Crippen molar-refractivity contribution in [2.75, 3.05) is 14.2 Å². The van der Waals surface area contributed by atoms with Crippen LogP contribution in [0.2, 0.25) is 0 Å². The van der Waals surface area contributed by atoms with Crippen molar-refractivity contribution in [1.82, 2.24) is 20.1 Å². The first-order valence-corrected chi connectivity index (χ1v) is 8.33. The molecule has 0 bridgehead atoms. The Labute approximate surface area is 157 Å². The number of carbonyl (C=O) groups is 1. The molecule has 0 spiro atoms. The maximum absolute atomic E-state index is 12.2. The summed E-state index contributed by atoms with van der Waals surface area (Å²) in [6.07, 6.45) is 8.33. The van der Waals surface area contributed by atoms with Gasteiger partial charge in [-0.15, -0.1) is 0 Å². The number of carbonyl (C=O) groups excluding carboxylic acids is 1. The van der Waals surface area contributed by atoms with Gasteiger partial charge < -0.3 is 14.8 Å². The Morgan fingerprint density at radius 1 is 1.19 bits per heavy atom. The van der Waals surface area contributed by atoms with Crippen LogP contribution in [0.1, 0.15) is 11.1 Å². The highest BCUT2D eigenvalue weighted by atomic mass is 16.5. The molecule has 0 aliphatic carbocycles. The molecule has 2 heterocycles. The van der Waals surface area contributed by atoms with E-state index in [1.807, 2.05) is 24.4 Å². The minimum Gasteiger partial charge on any atom is -0.497 e. The molecule has 2 aromatic heterocycles. The molecular weight excluding hydrogens is 344 g/mol. The molecule has 7 nitrogen and oxygen atoms in total. The standard InChI is InChI=1S/C20H20N4O3/c1-26-17-7-8-18(27-2)15(13-17)6-9-19(25)22-14-16-5-3-10-21-20(16)24-12-4-11-23-24/h3-13H,14H2,1-2H3,(H,22,25)/b9-6+. The van der Waals surface area contributed by atoms with Crippen LogP contribution in [0, 0.1) is 0 Å². The second-order valence-electron chi connectivity index (χ2n) is 5.60. The Morgan fingerprint density at radius 2 is 2.07 bits per heavy atom. The molecule has 1 amide bonds. The number of benzene rings is 1. The van der Waals surface area contributed by atoms with E-state index in [-0.39, 0.29) is 5.91 Å². The molecule has 0 radical (unpaired) electrons. The minimum atomic E-state index is -0.227. The predicted octanol–water partition coefficient (Wildman–Crippen LogP) is 2.61. The van der Waals surface area contributed by atoms with E-state index in [0.717, 1.165) is 11.1 Å². The zero-order valence-electron chi connectivity index (χ0n) is 15.1. The molecule has 1 N–H and O–H groups in total. The quantitative estimate of drug-likeness (QED) is 0.652. The molecular formula is C20H20N4O3. The van der Waals surface area contributed by atoms with Gasteiger partial charge in [-0.1, -0.05) is 6.07 Å².